The Bertz CT molecular complexity index is 998. The number of carbonyl (C=O) groups is 2. The van der Waals surface area contributed by atoms with Gasteiger partial charge < -0.3 is 15.0 Å². The molecule has 2 amide bonds. The lowest BCUT2D eigenvalue weighted by atomic mass is 10.1. The van der Waals surface area contributed by atoms with E-state index in [0.717, 1.165) is 15.6 Å². The van der Waals surface area contributed by atoms with Gasteiger partial charge in [-0.3, -0.25) is 4.79 Å². The van der Waals surface area contributed by atoms with Gasteiger partial charge >= 0.3 is 6.09 Å². The molecule has 8 nitrogen and oxygen atoms in total. The number of anilines is 1. The van der Waals surface area contributed by atoms with Crippen molar-refractivity contribution in [2.45, 2.75) is 44.0 Å². The second kappa shape index (κ2) is 10.3. The maximum Gasteiger partial charge on any atom is 0.410 e. The number of nitrogens with zero attached hydrogens (tertiary/aromatic N) is 2. The van der Waals surface area contributed by atoms with Crippen molar-refractivity contribution >= 4 is 39.0 Å². The number of sulfonamides is 1. The second-order valence-electron chi connectivity index (χ2n) is 7.89. The first-order valence-electron chi connectivity index (χ1n) is 9.79. The van der Waals surface area contributed by atoms with E-state index < -0.39 is 27.6 Å². The first-order chi connectivity index (χ1) is 14.4. The van der Waals surface area contributed by atoms with Crippen LogP contribution in [0.2, 0.25) is 0 Å². The Kier molecular flexibility index (Phi) is 8.21. The molecule has 1 aromatic heterocycles. The topological polar surface area (TPSA) is 96.0 Å². The number of likely N-dealkylation sites (N-methyl/N-ethyl adjacent to an activating group) is 1. The molecular weight excluding hydrogens is 438 g/mol. The summed E-state index contributed by atoms with van der Waals surface area (Å²) < 4.78 is 31.7. The molecule has 1 heterocycles. The summed E-state index contributed by atoms with van der Waals surface area (Å²) in [5, 5.41) is 4.42. The summed E-state index contributed by atoms with van der Waals surface area (Å²) in [6, 6.07) is 10.2. The predicted molar refractivity (Wildman–Crippen MR) is 122 cm³/mol. The molecule has 10 heteroatoms. The van der Waals surface area contributed by atoms with Crippen LogP contribution >= 0.6 is 11.3 Å². The van der Waals surface area contributed by atoms with Crippen LogP contribution in [0, 0.1) is 0 Å². The van der Waals surface area contributed by atoms with Gasteiger partial charge in [-0.05, 0) is 50.8 Å². The summed E-state index contributed by atoms with van der Waals surface area (Å²) in [6.07, 6.45) is -0.446. The molecule has 0 aliphatic carbocycles. The van der Waals surface area contributed by atoms with Crippen molar-refractivity contribution in [2.24, 2.45) is 0 Å². The summed E-state index contributed by atoms with van der Waals surface area (Å²) in [6.45, 7) is 7.58. The number of rotatable bonds is 8. The Balaban J connectivity index is 2.09. The van der Waals surface area contributed by atoms with Gasteiger partial charge in [0, 0.05) is 19.3 Å². The van der Waals surface area contributed by atoms with Gasteiger partial charge in [-0.1, -0.05) is 24.3 Å². The SMILES string of the molecule is CCN(Cc1ccccc1NC(=O)CN(C)S(=O)(=O)c1cccs1)C(=O)OC(C)(C)C. The van der Waals surface area contributed by atoms with Crippen molar-refractivity contribution in [1.82, 2.24) is 9.21 Å². The van der Waals surface area contributed by atoms with E-state index in [-0.39, 0.29) is 17.3 Å². The Morgan fingerprint density at radius 1 is 1.13 bits per heavy atom. The molecular formula is C21H29N3O5S2. The molecule has 2 rings (SSSR count). The van der Waals surface area contributed by atoms with Crippen LogP contribution in [0.3, 0.4) is 0 Å². The Morgan fingerprint density at radius 2 is 1.81 bits per heavy atom. The van der Waals surface area contributed by atoms with Crippen LogP contribution in [-0.4, -0.2) is 55.4 Å². The molecule has 0 saturated carbocycles. The monoisotopic (exact) mass is 467 g/mol. The average molecular weight is 468 g/mol. The van der Waals surface area contributed by atoms with E-state index in [1.165, 1.54) is 18.0 Å². The average Bonchev–Trinajstić information content (AvgIpc) is 3.21. The highest BCUT2D eigenvalue weighted by Crippen LogP contribution is 2.21. The number of ether oxygens (including phenoxy) is 1. The third-order valence-corrected chi connectivity index (χ3v) is 7.39. The highest BCUT2D eigenvalue weighted by molar-refractivity contribution is 7.91. The molecule has 0 radical (unpaired) electrons. The van der Waals surface area contributed by atoms with Crippen LogP contribution in [0.4, 0.5) is 10.5 Å². The lowest BCUT2D eigenvalue weighted by Gasteiger charge is -2.27. The predicted octanol–water partition coefficient (Wildman–Crippen LogP) is 3.76. The Labute approximate surface area is 187 Å². The maximum absolute atomic E-state index is 12.5. The molecule has 0 atom stereocenters. The molecule has 0 fully saturated rings. The third-order valence-electron chi connectivity index (χ3n) is 4.21. The summed E-state index contributed by atoms with van der Waals surface area (Å²) in [4.78, 5) is 26.5. The first-order valence-corrected chi connectivity index (χ1v) is 12.1. The zero-order valence-corrected chi connectivity index (χ0v) is 20.0. The number of thiophene rings is 1. The summed E-state index contributed by atoms with van der Waals surface area (Å²) in [5.41, 5.74) is 0.611. The lowest BCUT2D eigenvalue weighted by molar-refractivity contribution is -0.116. The molecule has 0 aliphatic rings. The van der Waals surface area contributed by atoms with E-state index in [9.17, 15) is 18.0 Å². The fourth-order valence-electron chi connectivity index (χ4n) is 2.66. The van der Waals surface area contributed by atoms with Gasteiger partial charge in [0.1, 0.15) is 9.81 Å². The van der Waals surface area contributed by atoms with E-state index in [1.54, 1.807) is 56.5 Å². The van der Waals surface area contributed by atoms with E-state index in [2.05, 4.69) is 5.32 Å². The number of nitrogens with one attached hydrogen (secondary N) is 1. The normalized spacial score (nSPS) is 11.9. The van der Waals surface area contributed by atoms with Crippen molar-refractivity contribution in [3.63, 3.8) is 0 Å². The molecule has 0 bridgehead atoms. The van der Waals surface area contributed by atoms with Gasteiger partial charge in [-0.15, -0.1) is 11.3 Å². The molecule has 0 aliphatic heterocycles. The van der Waals surface area contributed by atoms with Crippen molar-refractivity contribution in [3.8, 4) is 0 Å². The van der Waals surface area contributed by atoms with Gasteiger partial charge in [0.2, 0.25) is 5.91 Å². The van der Waals surface area contributed by atoms with Crippen LogP contribution in [0.1, 0.15) is 33.3 Å². The number of benzene rings is 1. The van der Waals surface area contributed by atoms with Gasteiger partial charge in [0.15, 0.2) is 0 Å². The largest absolute Gasteiger partial charge is 0.444 e. The summed E-state index contributed by atoms with van der Waals surface area (Å²) in [7, 11) is -2.36. The van der Waals surface area contributed by atoms with Crippen LogP contribution in [0.5, 0.6) is 0 Å². The van der Waals surface area contributed by atoms with E-state index in [0.29, 0.717) is 17.8 Å². The van der Waals surface area contributed by atoms with Crippen molar-refractivity contribution in [2.75, 3.05) is 25.5 Å². The van der Waals surface area contributed by atoms with E-state index in [4.69, 9.17) is 4.74 Å². The Morgan fingerprint density at radius 3 is 2.39 bits per heavy atom. The van der Waals surface area contributed by atoms with Crippen LogP contribution in [0.15, 0.2) is 46.0 Å². The van der Waals surface area contributed by atoms with Crippen molar-refractivity contribution in [1.29, 1.82) is 0 Å². The first kappa shape index (κ1) is 24.8. The molecule has 0 saturated heterocycles. The quantitative estimate of drug-likeness (QED) is 0.638. The standard InChI is InChI=1S/C21H29N3O5S2/c1-6-24(20(26)29-21(2,3)4)14-16-10-7-8-11-17(16)22-18(25)15-23(5)31(27,28)19-12-9-13-30-19/h7-13H,6,14-15H2,1-5H3,(H,22,25). The zero-order chi connectivity index (χ0) is 23.2. The smallest absolute Gasteiger partial charge is 0.410 e. The van der Waals surface area contributed by atoms with Gasteiger partial charge in [-0.2, -0.15) is 4.31 Å². The van der Waals surface area contributed by atoms with Crippen molar-refractivity contribution in [3.05, 3.63) is 47.3 Å². The van der Waals surface area contributed by atoms with E-state index >= 15 is 0 Å². The minimum atomic E-state index is -3.72. The molecule has 1 N–H and O–H groups in total. The maximum atomic E-state index is 12.5. The number of hydrogen-bond donors (Lipinski definition) is 1. The summed E-state index contributed by atoms with van der Waals surface area (Å²) >= 11 is 1.10. The number of hydrogen-bond acceptors (Lipinski definition) is 6. The highest BCUT2D eigenvalue weighted by Gasteiger charge is 2.25. The van der Waals surface area contributed by atoms with Crippen LogP contribution in [0.25, 0.3) is 0 Å². The second-order valence-corrected chi connectivity index (χ2v) is 11.1. The molecule has 2 aromatic rings. The Hall–Kier alpha value is -2.43. The fourth-order valence-corrected chi connectivity index (χ4v) is 4.99. The van der Waals surface area contributed by atoms with Crippen molar-refractivity contribution < 1.29 is 22.7 Å². The minimum Gasteiger partial charge on any atom is -0.444 e. The number of amides is 2. The molecule has 31 heavy (non-hydrogen) atoms. The third kappa shape index (κ3) is 7.05. The van der Waals surface area contributed by atoms with Gasteiger partial charge in [0.25, 0.3) is 10.0 Å². The molecule has 1 aromatic carbocycles. The summed E-state index contributed by atoms with van der Waals surface area (Å²) in [5.74, 6) is -0.476. The minimum absolute atomic E-state index is 0.180. The highest BCUT2D eigenvalue weighted by atomic mass is 32.2. The molecule has 170 valence electrons. The number of para-hydroxylation sites is 1. The molecule has 0 unspecified atom stereocenters. The number of carbonyl (C=O) groups excluding carboxylic acids is 2. The van der Waals surface area contributed by atoms with Gasteiger partial charge in [0.05, 0.1) is 13.1 Å². The lowest BCUT2D eigenvalue weighted by Crippen LogP contribution is -2.37. The van der Waals surface area contributed by atoms with Gasteiger partial charge in [-0.25, -0.2) is 13.2 Å². The van der Waals surface area contributed by atoms with Crippen LogP contribution in [-0.2, 0) is 26.1 Å². The fraction of sp³-hybridized carbons (Fsp3) is 0.429. The molecule has 0 spiro atoms. The van der Waals surface area contributed by atoms with Crippen LogP contribution < -0.4 is 5.32 Å². The van der Waals surface area contributed by atoms with E-state index in [1.807, 2.05) is 6.92 Å². The zero-order valence-electron chi connectivity index (χ0n) is 18.4.